The predicted octanol–water partition coefficient (Wildman–Crippen LogP) is 3.55. The van der Waals surface area contributed by atoms with E-state index in [4.69, 9.17) is 4.74 Å². The first-order valence-electron chi connectivity index (χ1n) is 11.1. The van der Waals surface area contributed by atoms with Crippen LogP contribution in [0.15, 0.2) is 65.5 Å². The summed E-state index contributed by atoms with van der Waals surface area (Å²) >= 11 is 0. The van der Waals surface area contributed by atoms with Crippen LogP contribution in [0.25, 0.3) is 11.3 Å². The van der Waals surface area contributed by atoms with Crippen molar-refractivity contribution in [1.29, 1.82) is 0 Å². The van der Waals surface area contributed by atoms with Crippen molar-refractivity contribution >= 4 is 5.91 Å². The molecule has 1 fully saturated rings. The van der Waals surface area contributed by atoms with Crippen LogP contribution < -0.4 is 15.6 Å². The van der Waals surface area contributed by atoms with Crippen molar-refractivity contribution in [2.75, 3.05) is 7.11 Å². The van der Waals surface area contributed by atoms with Crippen molar-refractivity contribution in [3.8, 4) is 17.3 Å². The van der Waals surface area contributed by atoms with E-state index in [0.29, 0.717) is 12.0 Å². The topological polar surface area (TPSA) is 86.1 Å². The lowest BCUT2D eigenvalue weighted by Crippen LogP contribution is -2.44. The Kier molecular flexibility index (Phi) is 6.94. The first-order chi connectivity index (χ1) is 15.7. The molecule has 166 valence electrons. The number of carbonyl (C=O) groups excluding carboxylic acids is 1. The number of ether oxygens (including phenoxy) is 1. The quantitative estimate of drug-likeness (QED) is 0.617. The Morgan fingerprint density at radius 1 is 1.06 bits per heavy atom. The van der Waals surface area contributed by atoms with Gasteiger partial charge in [-0.05, 0) is 18.4 Å². The third kappa shape index (κ3) is 5.04. The number of nitrogens with one attached hydrogen (secondary N) is 1. The van der Waals surface area contributed by atoms with Gasteiger partial charge in [0.1, 0.15) is 11.7 Å². The molecular weight excluding hydrogens is 404 g/mol. The zero-order valence-electron chi connectivity index (χ0n) is 18.2. The minimum Gasteiger partial charge on any atom is -0.466 e. The summed E-state index contributed by atoms with van der Waals surface area (Å²) in [5, 5.41) is 7.46. The smallest absolute Gasteiger partial charge is 0.334 e. The molecule has 0 aliphatic heterocycles. The Hall–Kier alpha value is -3.48. The van der Waals surface area contributed by atoms with Crippen LogP contribution in [0.2, 0.25) is 0 Å². The van der Waals surface area contributed by atoms with Gasteiger partial charge in [-0.3, -0.25) is 9.59 Å². The number of aromatic nitrogens is 3. The van der Waals surface area contributed by atoms with Crippen molar-refractivity contribution in [1.82, 2.24) is 20.1 Å². The zero-order chi connectivity index (χ0) is 22.3. The third-order valence-corrected chi connectivity index (χ3v) is 5.86. The molecule has 0 bridgehead atoms. The number of hydrogen-bond donors (Lipinski definition) is 1. The van der Waals surface area contributed by atoms with Crippen LogP contribution in [0.1, 0.15) is 43.7 Å². The van der Waals surface area contributed by atoms with E-state index in [1.807, 2.05) is 60.7 Å². The SMILES string of the molecule is COc1nc(-c2ccccc2)c(=O)n(C(Cc2ccccc2)C(=O)NC2CCCCC2)n1. The lowest BCUT2D eigenvalue weighted by molar-refractivity contribution is -0.125. The maximum Gasteiger partial charge on any atom is 0.334 e. The highest BCUT2D eigenvalue weighted by molar-refractivity contribution is 5.81. The fraction of sp³-hybridized carbons (Fsp3) is 0.360. The number of rotatable bonds is 7. The molecule has 1 amide bonds. The van der Waals surface area contributed by atoms with E-state index < -0.39 is 11.6 Å². The van der Waals surface area contributed by atoms with Crippen molar-refractivity contribution in [2.24, 2.45) is 0 Å². The van der Waals surface area contributed by atoms with Crippen molar-refractivity contribution in [2.45, 2.75) is 50.6 Å². The monoisotopic (exact) mass is 432 g/mol. The van der Waals surface area contributed by atoms with Gasteiger partial charge in [0.05, 0.1) is 7.11 Å². The van der Waals surface area contributed by atoms with Gasteiger partial charge in [-0.25, -0.2) is 4.68 Å². The fourth-order valence-electron chi connectivity index (χ4n) is 4.17. The maximum atomic E-state index is 13.5. The molecular formula is C25H28N4O3. The van der Waals surface area contributed by atoms with Crippen LogP contribution in [0, 0.1) is 0 Å². The molecule has 7 heteroatoms. The molecule has 1 heterocycles. The number of carbonyl (C=O) groups is 1. The highest BCUT2D eigenvalue weighted by Crippen LogP contribution is 2.21. The van der Waals surface area contributed by atoms with Crippen LogP contribution in [-0.2, 0) is 11.2 Å². The first-order valence-corrected chi connectivity index (χ1v) is 11.1. The van der Waals surface area contributed by atoms with Gasteiger partial charge >= 0.3 is 6.01 Å². The van der Waals surface area contributed by atoms with E-state index in [9.17, 15) is 9.59 Å². The lowest BCUT2D eigenvalue weighted by atomic mass is 9.95. The van der Waals surface area contributed by atoms with E-state index in [1.165, 1.54) is 18.2 Å². The molecule has 0 spiro atoms. The van der Waals surface area contributed by atoms with Crippen LogP contribution in [0.4, 0.5) is 0 Å². The Balaban J connectivity index is 1.75. The molecule has 3 aromatic rings. The summed E-state index contributed by atoms with van der Waals surface area (Å²) < 4.78 is 6.52. The molecule has 1 saturated carbocycles. The number of methoxy groups -OCH3 is 1. The Morgan fingerprint density at radius 3 is 2.38 bits per heavy atom. The van der Waals surface area contributed by atoms with Crippen molar-refractivity contribution < 1.29 is 9.53 Å². The predicted molar refractivity (Wildman–Crippen MR) is 122 cm³/mol. The molecule has 7 nitrogen and oxygen atoms in total. The van der Waals surface area contributed by atoms with Crippen LogP contribution in [-0.4, -0.2) is 33.8 Å². The van der Waals surface area contributed by atoms with Gasteiger partial charge in [-0.1, -0.05) is 79.9 Å². The van der Waals surface area contributed by atoms with E-state index >= 15 is 0 Å². The van der Waals surface area contributed by atoms with Gasteiger partial charge in [0, 0.05) is 18.0 Å². The van der Waals surface area contributed by atoms with Gasteiger partial charge in [-0.15, -0.1) is 5.10 Å². The van der Waals surface area contributed by atoms with Gasteiger partial charge < -0.3 is 10.1 Å². The van der Waals surface area contributed by atoms with Gasteiger partial charge in [0.2, 0.25) is 5.91 Å². The normalized spacial score (nSPS) is 15.2. The highest BCUT2D eigenvalue weighted by atomic mass is 16.5. The Morgan fingerprint density at radius 2 is 1.72 bits per heavy atom. The molecule has 0 radical (unpaired) electrons. The summed E-state index contributed by atoms with van der Waals surface area (Å²) in [6.07, 6.45) is 5.67. The standard InChI is InChI=1S/C25H28N4O3/c1-32-25-27-22(19-13-7-3-8-14-19)24(31)29(28-25)21(17-18-11-5-2-6-12-18)23(30)26-20-15-9-4-10-16-20/h2-3,5-8,11-14,20-21H,4,9-10,15-17H2,1H3,(H,26,30). The third-order valence-electron chi connectivity index (χ3n) is 5.86. The van der Waals surface area contributed by atoms with Gasteiger partial charge in [0.25, 0.3) is 5.56 Å². The summed E-state index contributed by atoms with van der Waals surface area (Å²) in [6.45, 7) is 0. The van der Waals surface area contributed by atoms with Crippen LogP contribution in [0.3, 0.4) is 0 Å². The second-order valence-corrected chi connectivity index (χ2v) is 8.11. The van der Waals surface area contributed by atoms with Crippen LogP contribution in [0.5, 0.6) is 6.01 Å². The largest absolute Gasteiger partial charge is 0.466 e. The van der Waals surface area contributed by atoms with Gasteiger partial charge in [-0.2, -0.15) is 4.98 Å². The molecule has 0 saturated heterocycles. The molecule has 1 N–H and O–H groups in total. The Bertz CT molecular complexity index is 1090. The number of benzene rings is 2. The summed E-state index contributed by atoms with van der Waals surface area (Å²) in [7, 11) is 1.45. The van der Waals surface area contributed by atoms with Gasteiger partial charge in [0.15, 0.2) is 0 Å². The second-order valence-electron chi connectivity index (χ2n) is 8.11. The lowest BCUT2D eigenvalue weighted by Gasteiger charge is -2.26. The van der Waals surface area contributed by atoms with Crippen LogP contribution >= 0.6 is 0 Å². The summed E-state index contributed by atoms with van der Waals surface area (Å²) in [5.41, 5.74) is 1.39. The molecule has 1 aliphatic rings. The van der Waals surface area contributed by atoms with E-state index in [-0.39, 0.29) is 23.7 Å². The van der Waals surface area contributed by atoms with Crippen molar-refractivity contribution in [3.05, 3.63) is 76.6 Å². The van der Waals surface area contributed by atoms with Crippen molar-refractivity contribution in [3.63, 3.8) is 0 Å². The fourth-order valence-corrected chi connectivity index (χ4v) is 4.17. The molecule has 1 aromatic heterocycles. The maximum absolute atomic E-state index is 13.5. The molecule has 1 unspecified atom stereocenters. The van der Waals surface area contributed by atoms with E-state index in [2.05, 4.69) is 15.4 Å². The van der Waals surface area contributed by atoms with E-state index in [0.717, 1.165) is 31.2 Å². The highest BCUT2D eigenvalue weighted by Gasteiger charge is 2.28. The summed E-state index contributed by atoms with van der Waals surface area (Å²) in [5.74, 6) is -0.206. The second kappa shape index (κ2) is 10.2. The summed E-state index contributed by atoms with van der Waals surface area (Å²) in [4.78, 5) is 31.2. The minimum absolute atomic E-state index is 0.0481. The summed E-state index contributed by atoms with van der Waals surface area (Å²) in [6, 6.07) is 18.2. The van der Waals surface area contributed by atoms with E-state index in [1.54, 1.807) is 0 Å². The number of hydrogen-bond acceptors (Lipinski definition) is 5. The minimum atomic E-state index is -0.814. The first kappa shape index (κ1) is 21.7. The molecule has 1 atom stereocenters. The molecule has 1 aliphatic carbocycles. The average Bonchev–Trinajstić information content (AvgIpc) is 2.84. The molecule has 32 heavy (non-hydrogen) atoms. The zero-order valence-corrected chi connectivity index (χ0v) is 18.2. The Labute approximate surface area is 187 Å². The molecule has 4 rings (SSSR count). The number of amides is 1. The number of nitrogens with zero attached hydrogens (tertiary/aromatic N) is 3. The average molecular weight is 433 g/mol. The molecule has 2 aromatic carbocycles.